The first-order valence-electron chi connectivity index (χ1n) is 6.77. The fraction of sp³-hybridized carbons (Fsp3) is 0.857. The highest BCUT2D eigenvalue weighted by Crippen LogP contribution is 2.34. The van der Waals surface area contributed by atoms with Crippen molar-refractivity contribution in [3.05, 3.63) is 0 Å². The second-order valence-corrected chi connectivity index (χ2v) is 6.38. The van der Waals surface area contributed by atoms with Crippen molar-refractivity contribution >= 4 is 11.9 Å². The van der Waals surface area contributed by atoms with Crippen LogP contribution in [0.2, 0.25) is 0 Å². The first-order valence-corrected chi connectivity index (χ1v) is 6.77. The number of hydrogen-bond acceptors (Lipinski definition) is 4. The van der Waals surface area contributed by atoms with Crippen molar-refractivity contribution in [3.8, 4) is 0 Å². The molecule has 4 nitrogen and oxygen atoms in total. The number of ether oxygens (including phenoxy) is 2. The van der Waals surface area contributed by atoms with Crippen LogP contribution in [0, 0.1) is 17.3 Å². The van der Waals surface area contributed by atoms with Crippen LogP contribution in [0.1, 0.15) is 46.5 Å². The molecule has 0 aromatic heterocycles. The highest BCUT2D eigenvalue weighted by molar-refractivity contribution is 5.82. The number of cyclic esters (lactones) is 1. The Morgan fingerprint density at radius 1 is 1.39 bits per heavy atom. The van der Waals surface area contributed by atoms with Crippen LogP contribution in [-0.2, 0) is 19.1 Å². The van der Waals surface area contributed by atoms with Gasteiger partial charge < -0.3 is 9.47 Å². The molecule has 18 heavy (non-hydrogen) atoms. The summed E-state index contributed by atoms with van der Waals surface area (Å²) in [5, 5.41) is 0. The Balaban J connectivity index is 1.96. The van der Waals surface area contributed by atoms with E-state index in [2.05, 4.69) is 6.92 Å². The summed E-state index contributed by atoms with van der Waals surface area (Å²) in [5.74, 6) is -0.103. The quantitative estimate of drug-likeness (QED) is 0.710. The highest BCUT2D eigenvalue weighted by atomic mass is 16.6. The maximum absolute atomic E-state index is 12.1. The predicted molar refractivity (Wildman–Crippen MR) is 65.7 cm³/mol. The fourth-order valence-corrected chi connectivity index (χ4v) is 2.80. The smallest absolute Gasteiger partial charge is 0.348 e. The number of hydrogen-bond donors (Lipinski definition) is 0. The van der Waals surface area contributed by atoms with Crippen molar-refractivity contribution in [3.63, 3.8) is 0 Å². The van der Waals surface area contributed by atoms with Crippen molar-refractivity contribution in [1.82, 2.24) is 0 Å². The molecule has 1 aliphatic heterocycles. The standard InChI is InChI=1S/C14H22O4/c1-9-5-4-6-10(7-9)12(15)18-11-13(16)17-8-14(11,2)3/h9-11H,4-8H2,1-3H3/t9?,10-,11-/m1/s1. The maximum Gasteiger partial charge on any atom is 0.348 e. The maximum atomic E-state index is 12.1. The zero-order valence-corrected chi connectivity index (χ0v) is 11.4. The molecule has 0 bridgehead atoms. The third-order valence-electron chi connectivity index (χ3n) is 4.01. The minimum Gasteiger partial charge on any atom is -0.462 e. The van der Waals surface area contributed by atoms with Gasteiger partial charge in [0.2, 0.25) is 6.10 Å². The van der Waals surface area contributed by atoms with Crippen molar-refractivity contribution in [2.24, 2.45) is 17.3 Å². The average molecular weight is 254 g/mol. The van der Waals surface area contributed by atoms with Gasteiger partial charge in [0.15, 0.2) is 0 Å². The lowest BCUT2D eigenvalue weighted by Gasteiger charge is -2.28. The van der Waals surface area contributed by atoms with Crippen LogP contribution < -0.4 is 0 Å². The lowest BCUT2D eigenvalue weighted by atomic mass is 9.82. The van der Waals surface area contributed by atoms with E-state index in [9.17, 15) is 9.59 Å². The van der Waals surface area contributed by atoms with E-state index in [4.69, 9.17) is 9.47 Å². The topological polar surface area (TPSA) is 52.6 Å². The van der Waals surface area contributed by atoms with Gasteiger partial charge in [-0.2, -0.15) is 0 Å². The van der Waals surface area contributed by atoms with E-state index in [0.717, 1.165) is 19.3 Å². The van der Waals surface area contributed by atoms with Crippen LogP contribution in [0.5, 0.6) is 0 Å². The summed E-state index contributed by atoms with van der Waals surface area (Å²) in [6, 6.07) is 0. The van der Waals surface area contributed by atoms with Crippen LogP contribution in [0.15, 0.2) is 0 Å². The van der Waals surface area contributed by atoms with Crippen LogP contribution in [0.3, 0.4) is 0 Å². The molecule has 1 saturated carbocycles. The van der Waals surface area contributed by atoms with Gasteiger partial charge in [0.1, 0.15) is 6.61 Å². The number of carbonyl (C=O) groups is 2. The first kappa shape index (κ1) is 13.4. The van der Waals surface area contributed by atoms with E-state index in [-0.39, 0.29) is 11.9 Å². The molecule has 0 amide bonds. The molecular weight excluding hydrogens is 232 g/mol. The molecule has 102 valence electrons. The Bertz CT molecular complexity index is 348. The summed E-state index contributed by atoms with van der Waals surface area (Å²) >= 11 is 0. The third kappa shape index (κ3) is 2.68. The monoisotopic (exact) mass is 254 g/mol. The normalized spacial score (nSPS) is 35.1. The summed E-state index contributed by atoms with van der Waals surface area (Å²) in [4.78, 5) is 23.7. The van der Waals surface area contributed by atoms with Crippen molar-refractivity contribution in [2.75, 3.05) is 6.61 Å². The molecular formula is C14H22O4. The largest absolute Gasteiger partial charge is 0.462 e. The highest BCUT2D eigenvalue weighted by Gasteiger charge is 2.47. The molecule has 2 fully saturated rings. The molecule has 0 aromatic rings. The van der Waals surface area contributed by atoms with Gasteiger partial charge in [0.05, 0.1) is 5.92 Å². The van der Waals surface area contributed by atoms with E-state index in [1.54, 1.807) is 0 Å². The van der Waals surface area contributed by atoms with Crippen LogP contribution in [-0.4, -0.2) is 24.6 Å². The summed E-state index contributed by atoms with van der Waals surface area (Å²) in [7, 11) is 0. The summed E-state index contributed by atoms with van der Waals surface area (Å²) in [5.41, 5.74) is -0.410. The molecule has 0 spiro atoms. The molecule has 1 heterocycles. The molecule has 2 rings (SSSR count). The van der Waals surface area contributed by atoms with Crippen LogP contribution in [0.25, 0.3) is 0 Å². The van der Waals surface area contributed by atoms with Crippen molar-refractivity contribution in [1.29, 1.82) is 0 Å². The second kappa shape index (κ2) is 4.90. The Labute approximate surface area is 108 Å². The molecule has 2 aliphatic rings. The Kier molecular flexibility index (Phi) is 3.64. The van der Waals surface area contributed by atoms with Gasteiger partial charge in [-0.25, -0.2) is 4.79 Å². The molecule has 4 heteroatoms. The Morgan fingerprint density at radius 2 is 2.11 bits per heavy atom. The van der Waals surface area contributed by atoms with E-state index in [1.807, 2.05) is 13.8 Å². The van der Waals surface area contributed by atoms with Gasteiger partial charge in [-0.3, -0.25) is 4.79 Å². The fourth-order valence-electron chi connectivity index (χ4n) is 2.80. The van der Waals surface area contributed by atoms with Crippen LogP contribution >= 0.6 is 0 Å². The number of esters is 2. The van der Waals surface area contributed by atoms with Gasteiger partial charge in [-0.05, 0) is 18.8 Å². The summed E-state index contributed by atoms with van der Waals surface area (Å²) in [6.07, 6.45) is 3.27. The Hall–Kier alpha value is -1.06. The summed E-state index contributed by atoms with van der Waals surface area (Å²) < 4.78 is 10.4. The molecule has 1 saturated heterocycles. The zero-order chi connectivity index (χ0) is 13.3. The van der Waals surface area contributed by atoms with Gasteiger partial charge in [-0.15, -0.1) is 0 Å². The average Bonchev–Trinajstić information content (AvgIpc) is 2.56. The first-order chi connectivity index (χ1) is 8.40. The minimum atomic E-state index is -0.734. The zero-order valence-electron chi connectivity index (χ0n) is 11.4. The molecule has 0 N–H and O–H groups in total. The lowest BCUT2D eigenvalue weighted by molar-refractivity contribution is -0.167. The van der Waals surface area contributed by atoms with E-state index in [0.29, 0.717) is 12.5 Å². The van der Waals surface area contributed by atoms with Gasteiger partial charge in [0.25, 0.3) is 0 Å². The van der Waals surface area contributed by atoms with E-state index < -0.39 is 17.5 Å². The second-order valence-electron chi connectivity index (χ2n) is 6.38. The van der Waals surface area contributed by atoms with Gasteiger partial charge in [-0.1, -0.05) is 33.6 Å². The van der Waals surface area contributed by atoms with Crippen molar-refractivity contribution < 1.29 is 19.1 Å². The lowest BCUT2D eigenvalue weighted by Crippen LogP contribution is -2.37. The summed E-state index contributed by atoms with van der Waals surface area (Å²) in [6.45, 7) is 6.26. The van der Waals surface area contributed by atoms with Gasteiger partial charge >= 0.3 is 11.9 Å². The molecule has 1 unspecified atom stereocenters. The molecule has 0 aromatic carbocycles. The molecule has 0 radical (unpaired) electrons. The number of carbonyl (C=O) groups excluding carboxylic acids is 2. The SMILES string of the molecule is CC1CCC[C@@H](C(=O)O[C@@H]2C(=O)OCC2(C)C)C1. The van der Waals surface area contributed by atoms with Crippen LogP contribution in [0.4, 0.5) is 0 Å². The van der Waals surface area contributed by atoms with E-state index in [1.165, 1.54) is 6.42 Å². The molecule has 1 aliphatic carbocycles. The van der Waals surface area contributed by atoms with Crippen molar-refractivity contribution in [2.45, 2.75) is 52.6 Å². The predicted octanol–water partition coefficient (Wildman–Crippen LogP) is 2.31. The Morgan fingerprint density at radius 3 is 2.67 bits per heavy atom. The van der Waals surface area contributed by atoms with E-state index >= 15 is 0 Å². The number of rotatable bonds is 2. The van der Waals surface area contributed by atoms with Gasteiger partial charge in [0, 0.05) is 5.41 Å². The molecule has 3 atom stereocenters. The third-order valence-corrected chi connectivity index (χ3v) is 4.01. The minimum absolute atomic E-state index is 0.0436.